The largest absolute Gasteiger partial charge is 0.465 e. The maximum atomic E-state index is 11.9. The second-order valence-corrected chi connectivity index (χ2v) is 5.40. The molecule has 1 aromatic rings. The zero-order valence-electron chi connectivity index (χ0n) is 14.2. The summed E-state index contributed by atoms with van der Waals surface area (Å²) in [4.78, 5) is 36.0. The van der Waals surface area contributed by atoms with E-state index in [1.807, 2.05) is 18.2 Å². The monoisotopic (exact) mass is 364 g/mol. The number of hydrogen-bond acceptors (Lipinski definition) is 6. The predicted octanol–water partition coefficient (Wildman–Crippen LogP) is 1.35. The lowest BCUT2D eigenvalue weighted by molar-refractivity contribution is -0.136. The standard InChI is InChI=1S/C17H20N2O7/c1-24-15(20)14(9-13-10-19(17(22)23)7-8-25-13)18-16(21)26-11-12-5-3-2-4-6-12/h2-6,9,13H,7-8,10-11H2,1H3,(H,18,21)(H,22,23)/b14-9-/t13-/m0/s1. The molecule has 140 valence electrons. The SMILES string of the molecule is COC(=O)/C(=C/[C@H]1CN(C(=O)O)CCO1)NC(=O)OCc1ccccc1. The number of hydrogen-bond donors (Lipinski definition) is 2. The van der Waals surface area contributed by atoms with E-state index < -0.39 is 24.3 Å². The maximum Gasteiger partial charge on any atom is 0.412 e. The van der Waals surface area contributed by atoms with Crippen LogP contribution < -0.4 is 5.32 Å². The number of methoxy groups -OCH3 is 1. The topological polar surface area (TPSA) is 114 Å². The van der Waals surface area contributed by atoms with Crippen molar-refractivity contribution in [3.8, 4) is 0 Å². The number of nitrogens with one attached hydrogen (secondary N) is 1. The Balaban J connectivity index is 1.98. The minimum absolute atomic E-state index is 0.0356. The van der Waals surface area contributed by atoms with Gasteiger partial charge in [0.1, 0.15) is 12.3 Å². The fourth-order valence-electron chi connectivity index (χ4n) is 2.28. The number of amides is 2. The lowest BCUT2D eigenvalue weighted by Gasteiger charge is -2.29. The first kappa shape index (κ1) is 19.3. The number of morpholine rings is 1. The molecule has 26 heavy (non-hydrogen) atoms. The van der Waals surface area contributed by atoms with E-state index in [1.54, 1.807) is 12.1 Å². The number of esters is 1. The zero-order valence-corrected chi connectivity index (χ0v) is 14.2. The lowest BCUT2D eigenvalue weighted by atomic mass is 10.2. The number of alkyl carbamates (subject to hydrolysis) is 1. The Hall–Kier alpha value is -3.07. The summed E-state index contributed by atoms with van der Waals surface area (Å²) in [5.74, 6) is -0.794. The summed E-state index contributed by atoms with van der Waals surface area (Å²) in [5, 5.41) is 11.3. The Morgan fingerprint density at radius 3 is 2.73 bits per heavy atom. The molecule has 1 fully saturated rings. The van der Waals surface area contributed by atoms with E-state index in [1.165, 1.54) is 13.2 Å². The molecule has 1 heterocycles. The van der Waals surface area contributed by atoms with Gasteiger partial charge in [0.15, 0.2) is 0 Å². The average Bonchev–Trinajstić information content (AvgIpc) is 2.66. The summed E-state index contributed by atoms with van der Waals surface area (Å²) in [7, 11) is 1.17. The van der Waals surface area contributed by atoms with Crippen molar-refractivity contribution in [2.45, 2.75) is 12.7 Å². The first-order valence-corrected chi connectivity index (χ1v) is 7.87. The number of carbonyl (C=O) groups excluding carboxylic acids is 2. The Morgan fingerprint density at radius 2 is 2.08 bits per heavy atom. The number of carboxylic acid groups (broad SMARTS) is 1. The molecule has 1 aromatic carbocycles. The van der Waals surface area contributed by atoms with E-state index in [4.69, 9.17) is 14.6 Å². The van der Waals surface area contributed by atoms with Crippen molar-refractivity contribution in [3.05, 3.63) is 47.7 Å². The van der Waals surface area contributed by atoms with Crippen LogP contribution in [0.4, 0.5) is 9.59 Å². The fourth-order valence-corrected chi connectivity index (χ4v) is 2.28. The van der Waals surface area contributed by atoms with Gasteiger partial charge >= 0.3 is 18.2 Å². The average molecular weight is 364 g/mol. The van der Waals surface area contributed by atoms with Crippen molar-refractivity contribution in [1.29, 1.82) is 0 Å². The van der Waals surface area contributed by atoms with Gasteiger partial charge in [0.05, 0.1) is 26.4 Å². The van der Waals surface area contributed by atoms with Crippen LogP contribution in [0.5, 0.6) is 0 Å². The lowest BCUT2D eigenvalue weighted by Crippen LogP contribution is -2.45. The molecular formula is C17H20N2O7. The highest BCUT2D eigenvalue weighted by atomic mass is 16.6. The number of rotatable bonds is 5. The van der Waals surface area contributed by atoms with E-state index >= 15 is 0 Å². The molecule has 2 N–H and O–H groups in total. The Bertz CT molecular complexity index is 675. The zero-order chi connectivity index (χ0) is 18.9. The van der Waals surface area contributed by atoms with Gasteiger partial charge in [-0.2, -0.15) is 0 Å². The molecule has 1 aliphatic rings. The Kier molecular flexibility index (Phi) is 6.98. The molecule has 0 spiro atoms. The van der Waals surface area contributed by atoms with Gasteiger partial charge in [0, 0.05) is 6.54 Å². The molecular weight excluding hydrogens is 344 g/mol. The van der Waals surface area contributed by atoms with Crippen LogP contribution in [0.2, 0.25) is 0 Å². The van der Waals surface area contributed by atoms with Crippen LogP contribution in [0, 0.1) is 0 Å². The van der Waals surface area contributed by atoms with Gasteiger partial charge in [-0.3, -0.25) is 5.32 Å². The highest BCUT2D eigenvalue weighted by Gasteiger charge is 2.25. The van der Waals surface area contributed by atoms with Crippen molar-refractivity contribution in [1.82, 2.24) is 10.2 Å². The Morgan fingerprint density at radius 1 is 1.35 bits per heavy atom. The number of ether oxygens (including phenoxy) is 3. The molecule has 9 nitrogen and oxygen atoms in total. The normalized spacial score (nSPS) is 17.3. The van der Waals surface area contributed by atoms with Crippen LogP contribution >= 0.6 is 0 Å². The predicted molar refractivity (Wildman–Crippen MR) is 89.2 cm³/mol. The minimum Gasteiger partial charge on any atom is -0.465 e. The first-order chi connectivity index (χ1) is 12.5. The third-order valence-corrected chi connectivity index (χ3v) is 3.57. The second kappa shape index (κ2) is 9.42. The van der Waals surface area contributed by atoms with Crippen LogP contribution in [0.15, 0.2) is 42.1 Å². The molecule has 2 amide bonds. The van der Waals surface area contributed by atoms with Gasteiger partial charge in [-0.1, -0.05) is 30.3 Å². The smallest absolute Gasteiger partial charge is 0.412 e. The molecule has 9 heteroatoms. The highest BCUT2D eigenvalue weighted by Crippen LogP contribution is 2.10. The molecule has 2 rings (SSSR count). The molecule has 0 bridgehead atoms. The van der Waals surface area contributed by atoms with Crippen LogP contribution in [-0.4, -0.2) is 61.1 Å². The first-order valence-electron chi connectivity index (χ1n) is 7.87. The quantitative estimate of drug-likeness (QED) is 0.599. The van der Waals surface area contributed by atoms with Crippen LogP contribution in [0.1, 0.15) is 5.56 Å². The van der Waals surface area contributed by atoms with Gasteiger partial charge in [0.25, 0.3) is 0 Å². The highest BCUT2D eigenvalue weighted by molar-refractivity contribution is 5.92. The second-order valence-electron chi connectivity index (χ2n) is 5.40. The molecule has 0 unspecified atom stereocenters. The molecule has 1 aliphatic heterocycles. The van der Waals surface area contributed by atoms with E-state index in [2.05, 4.69) is 10.1 Å². The van der Waals surface area contributed by atoms with Crippen LogP contribution in [0.25, 0.3) is 0 Å². The van der Waals surface area contributed by atoms with E-state index in [0.717, 1.165) is 10.5 Å². The van der Waals surface area contributed by atoms with Crippen molar-refractivity contribution < 1.29 is 33.7 Å². The van der Waals surface area contributed by atoms with E-state index in [-0.39, 0.29) is 32.0 Å². The summed E-state index contributed by atoms with van der Waals surface area (Å²) in [6, 6.07) is 9.05. The van der Waals surface area contributed by atoms with E-state index in [9.17, 15) is 14.4 Å². The number of nitrogens with zero attached hydrogens (tertiary/aromatic N) is 1. The summed E-state index contributed by atoms with van der Waals surface area (Å²) in [5.41, 5.74) is 0.613. The number of carbonyl (C=O) groups is 3. The van der Waals surface area contributed by atoms with Crippen molar-refractivity contribution in [2.75, 3.05) is 26.8 Å². The summed E-state index contributed by atoms with van der Waals surface area (Å²) in [6.07, 6.45) is -1.30. The summed E-state index contributed by atoms with van der Waals surface area (Å²) < 4.78 is 15.1. The molecule has 1 atom stereocenters. The van der Waals surface area contributed by atoms with Crippen LogP contribution in [-0.2, 0) is 25.6 Å². The third kappa shape index (κ3) is 5.78. The maximum absolute atomic E-state index is 11.9. The van der Waals surface area contributed by atoms with Gasteiger partial charge in [-0.25, -0.2) is 14.4 Å². The van der Waals surface area contributed by atoms with Gasteiger partial charge < -0.3 is 24.2 Å². The van der Waals surface area contributed by atoms with Gasteiger partial charge in [-0.05, 0) is 11.6 Å². The summed E-state index contributed by atoms with van der Waals surface area (Å²) in [6.45, 7) is 0.491. The molecule has 0 radical (unpaired) electrons. The van der Waals surface area contributed by atoms with Gasteiger partial charge in [-0.15, -0.1) is 0 Å². The van der Waals surface area contributed by atoms with Gasteiger partial charge in [0.2, 0.25) is 0 Å². The molecule has 0 aliphatic carbocycles. The fraction of sp³-hybridized carbons (Fsp3) is 0.353. The molecule has 1 saturated heterocycles. The van der Waals surface area contributed by atoms with Crippen LogP contribution in [0.3, 0.4) is 0 Å². The van der Waals surface area contributed by atoms with E-state index in [0.29, 0.717) is 0 Å². The van der Waals surface area contributed by atoms with Crippen molar-refractivity contribution >= 4 is 18.2 Å². The third-order valence-electron chi connectivity index (χ3n) is 3.57. The minimum atomic E-state index is -1.08. The molecule has 0 saturated carbocycles. The van der Waals surface area contributed by atoms with Crippen molar-refractivity contribution in [3.63, 3.8) is 0 Å². The molecule has 0 aromatic heterocycles. The van der Waals surface area contributed by atoms with Crippen molar-refractivity contribution in [2.24, 2.45) is 0 Å². The summed E-state index contributed by atoms with van der Waals surface area (Å²) >= 11 is 0. The number of benzene rings is 1. The Labute approximate surface area is 150 Å².